The van der Waals surface area contributed by atoms with Crippen LogP contribution < -0.4 is 4.90 Å². The molecule has 2 aliphatic rings. The van der Waals surface area contributed by atoms with E-state index in [9.17, 15) is 14.4 Å². The molecule has 0 atom stereocenters. The number of aryl methyl sites for hydroxylation is 1. The summed E-state index contributed by atoms with van der Waals surface area (Å²) in [6.07, 6.45) is 0. The summed E-state index contributed by atoms with van der Waals surface area (Å²) in [5.74, 6) is -0.864. The monoisotopic (exact) mass is 448 g/mol. The number of benzene rings is 2. The summed E-state index contributed by atoms with van der Waals surface area (Å²) >= 11 is 0. The first-order chi connectivity index (χ1) is 15.8. The summed E-state index contributed by atoms with van der Waals surface area (Å²) in [4.78, 5) is 45.1. The van der Waals surface area contributed by atoms with Crippen molar-refractivity contribution in [3.63, 3.8) is 0 Å². The maximum absolute atomic E-state index is 13.0. The van der Waals surface area contributed by atoms with Crippen molar-refractivity contribution in [1.82, 2.24) is 14.7 Å². The molecule has 0 radical (unpaired) electrons. The van der Waals surface area contributed by atoms with Crippen LogP contribution in [0.3, 0.4) is 0 Å². The van der Waals surface area contributed by atoms with E-state index >= 15 is 0 Å². The maximum atomic E-state index is 13.0. The summed E-state index contributed by atoms with van der Waals surface area (Å²) < 4.78 is 0. The second-order valence-electron chi connectivity index (χ2n) is 9.13. The molecule has 0 aliphatic carbocycles. The number of nitrogens with zero attached hydrogens (tertiary/aromatic N) is 4. The minimum Gasteiger partial charge on any atom is -0.368 e. The van der Waals surface area contributed by atoms with Gasteiger partial charge in [0.05, 0.1) is 0 Å². The lowest BCUT2D eigenvalue weighted by Crippen LogP contribution is -2.55. The summed E-state index contributed by atoms with van der Waals surface area (Å²) in [5.41, 5.74) is 4.00. The minimum absolute atomic E-state index is 0.0209. The predicted octanol–water partition coefficient (Wildman–Crippen LogP) is 2.54. The number of amides is 3. The molecule has 0 aromatic heterocycles. The van der Waals surface area contributed by atoms with Crippen LogP contribution in [0.15, 0.2) is 48.5 Å². The Morgan fingerprint density at radius 1 is 0.879 bits per heavy atom. The van der Waals surface area contributed by atoms with E-state index in [1.54, 1.807) is 9.80 Å². The minimum atomic E-state index is -0.457. The first kappa shape index (κ1) is 22.8. The van der Waals surface area contributed by atoms with Crippen LogP contribution in [0.1, 0.15) is 35.3 Å². The van der Waals surface area contributed by atoms with Crippen molar-refractivity contribution in [2.45, 2.75) is 33.4 Å². The van der Waals surface area contributed by atoms with E-state index in [0.717, 1.165) is 18.7 Å². The molecule has 2 aromatic carbocycles. The maximum Gasteiger partial charge on any atom is 0.312 e. The number of rotatable bonds is 5. The molecule has 2 fully saturated rings. The Morgan fingerprint density at radius 2 is 1.58 bits per heavy atom. The molecule has 0 unspecified atom stereocenters. The molecule has 3 amide bonds. The highest BCUT2D eigenvalue weighted by molar-refractivity contribution is 6.35. The lowest BCUT2D eigenvalue weighted by Gasteiger charge is -2.36. The van der Waals surface area contributed by atoms with E-state index in [-0.39, 0.29) is 11.9 Å². The van der Waals surface area contributed by atoms with Gasteiger partial charge in [-0.2, -0.15) is 0 Å². The average molecular weight is 449 g/mol. The molecule has 7 heteroatoms. The molecule has 33 heavy (non-hydrogen) atoms. The van der Waals surface area contributed by atoms with Gasteiger partial charge in [0.25, 0.3) is 5.91 Å². The Morgan fingerprint density at radius 3 is 2.21 bits per heavy atom. The summed E-state index contributed by atoms with van der Waals surface area (Å²) in [6.45, 7) is 10.4. The molecule has 7 nitrogen and oxygen atoms in total. The molecule has 2 aromatic rings. The highest BCUT2D eigenvalue weighted by Crippen LogP contribution is 2.19. The van der Waals surface area contributed by atoms with Gasteiger partial charge in [0, 0.05) is 63.1 Å². The second kappa shape index (κ2) is 9.65. The van der Waals surface area contributed by atoms with Gasteiger partial charge < -0.3 is 19.6 Å². The number of hydrogen-bond donors (Lipinski definition) is 0. The molecule has 0 spiro atoms. The summed E-state index contributed by atoms with van der Waals surface area (Å²) in [5, 5.41) is 0. The first-order valence-electron chi connectivity index (χ1n) is 11.6. The van der Waals surface area contributed by atoms with E-state index in [1.165, 1.54) is 11.3 Å². The third kappa shape index (κ3) is 5.02. The third-order valence-electron chi connectivity index (χ3n) is 6.47. The molecule has 2 aliphatic heterocycles. The van der Waals surface area contributed by atoms with Crippen LogP contribution in [0.5, 0.6) is 0 Å². The zero-order valence-electron chi connectivity index (χ0n) is 19.7. The van der Waals surface area contributed by atoms with Gasteiger partial charge in [0.2, 0.25) is 0 Å². The zero-order chi connectivity index (χ0) is 23.5. The van der Waals surface area contributed by atoms with E-state index in [0.29, 0.717) is 38.3 Å². The highest BCUT2D eigenvalue weighted by Gasteiger charge is 2.33. The highest BCUT2D eigenvalue weighted by atomic mass is 16.2. The van der Waals surface area contributed by atoms with Gasteiger partial charge in [-0.3, -0.25) is 14.4 Å². The van der Waals surface area contributed by atoms with Crippen molar-refractivity contribution in [1.29, 1.82) is 0 Å². The standard InChI is InChI=1S/C26H32N4O3/c1-19(2)30-16-15-29(25(32)26(30)33)18-21-7-9-22(10-8-21)24(31)28-13-11-27(12-14-28)23-6-4-5-20(3)17-23/h4-10,17,19H,11-16,18H2,1-3H3. The zero-order valence-corrected chi connectivity index (χ0v) is 19.7. The van der Waals surface area contributed by atoms with Crippen LogP contribution in [0.2, 0.25) is 0 Å². The van der Waals surface area contributed by atoms with Gasteiger partial charge in [-0.1, -0.05) is 24.3 Å². The molecule has 0 saturated carbocycles. The van der Waals surface area contributed by atoms with Gasteiger partial charge in [0.1, 0.15) is 0 Å². The Hall–Kier alpha value is -3.35. The van der Waals surface area contributed by atoms with Gasteiger partial charge in [0.15, 0.2) is 0 Å². The predicted molar refractivity (Wildman–Crippen MR) is 128 cm³/mol. The van der Waals surface area contributed by atoms with Crippen molar-refractivity contribution in [3.8, 4) is 0 Å². The third-order valence-corrected chi connectivity index (χ3v) is 6.47. The van der Waals surface area contributed by atoms with Crippen LogP contribution in [0.25, 0.3) is 0 Å². The number of hydrogen-bond acceptors (Lipinski definition) is 4. The number of carbonyl (C=O) groups is 3. The van der Waals surface area contributed by atoms with E-state index in [1.807, 2.05) is 43.0 Å². The first-order valence-corrected chi connectivity index (χ1v) is 11.6. The molecule has 2 heterocycles. The van der Waals surface area contributed by atoms with Crippen LogP contribution in [-0.4, -0.2) is 77.7 Å². The fraction of sp³-hybridized carbons (Fsp3) is 0.423. The van der Waals surface area contributed by atoms with Gasteiger partial charge in [-0.25, -0.2) is 0 Å². The molecule has 2 saturated heterocycles. The van der Waals surface area contributed by atoms with Crippen molar-refractivity contribution < 1.29 is 14.4 Å². The smallest absolute Gasteiger partial charge is 0.312 e. The average Bonchev–Trinajstić information content (AvgIpc) is 2.82. The molecular formula is C26H32N4O3. The van der Waals surface area contributed by atoms with Crippen molar-refractivity contribution in [2.24, 2.45) is 0 Å². The molecular weight excluding hydrogens is 416 g/mol. The number of piperazine rings is 2. The Labute approximate surface area is 195 Å². The van der Waals surface area contributed by atoms with E-state index < -0.39 is 11.8 Å². The Kier molecular flexibility index (Phi) is 6.67. The molecule has 0 N–H and O–H groups in total. The Balaban J connectivity index is 1.32. The van der Waals surface area contributed by atoms with Crippen molar-refractivity contribution >= 4 is 23.4 Å². The largest absolute Gasteiger partial charge is 0.368 e. The van der Waals surface area contributed by atoms with Gasteiger partial charge >= 0.3 is 11.8 Å². The van der Waals surface area contributed by atoms with Gasteiger partial charge in [-0.15, -0.1) is 0 Å². The van der Waals surface area contributed by atoms with Crippen molar-refractivity contribution in [3.05, 3.63) is 65.2 Å². The lowest BCUT2D eigenvalue weighted by atomic mass is 10.1. The number of carbonyl (C=O) groups excluding carboxylic acids is 3. The SMILES string of the molecule is Cc1cccc(N2CCN(C(=O)c3ccc(CN4CCN(C(C)C)C(=O)C4=O)cc3)CC2)c1. The fourth-order valence-corrected chi connectivity index (χ4v) is 4.48. The second-order valence-corrected chi connectivity index (χ2v) is 9.13. The Bertz CT molecular complexity index is 1030. The normalized spacial score (nSPS) is 17.2. The molecule has 174 valence electrons. The molecule has 4 rings (SSSR count). The van der Waals surface area contributed by atoms with E-state index in [2.05, 4.69) is 36.1 Å². The topological polar surface area (TPSA) is 64.2 Å². The number of anilines is 1. The van der Waals surface area contributed by atoms with E-state index in [4.69, 9.17) is 0 Å². The van der Waals surface area contributed by atoms with Crippen LogP contribution in [0.4, 0.5) is 5.69 Å². The summed E-state index contributed by atoms with van der Waals surface area (Å²) in [6, 6.07) is 15.9. The fourth-order valence-electron chi connectivity index (χ4n) is 4.48. The van der Waals surface area contributed by atoms with Crippen LogP contribution in [0, 0.1) is 6.92 Å². The summed E-state index contributed by atoms with van der Waals surface area (Å²) in [7, 11) is 0. The quantitative estimate of drug-likeness (QED) is 0.660. The van der Waals surface area contributed by atoms with Crippen molar-refractivity contribution in [2.75, 3.05) is 44.2 Å². The van der Waals surface area contributed by atoms with Gasteiger partial charge in [-0.05, 0) is 56.2 Å². The van der Waals surface area contributed by atoms with Crippen LogP contribution >= 0.6 is 0 Å². The van der Waals surface area contributed by atoms with Crippen LogP contribution in [-0.2, 0) is 16.1 Å². The lowest BCUT2D eigenvalue weighted by molar-refractivity contribution is -0.157. The molecule has 0 bridgehead atoms.